The third-order valence-electron chi connectivity index (χ3n) is 4.70. The first-order chi connectivity index (χ1) is 14.4. The molecule has 0 saturated carbocycles. The number of halogens is 16. The third kappa shape index (κ3) is 4.76. The van der Waals surface area contributed by atoms with Gasteiger partial charge in [0.2, 0.25) is 0 Å². The van der Waals surface area contributed by atoms with Crippen LogP contribution in [0.4, 0.5) is 70.2 Å². The quantitative estimate of drug-likeness (QED) is 0.121. The summed E-state index contributed by atoms with van der Waals surface area (Å²) in [5.74, 6) is -60.7. The Hall–Kier alpha value is -1.38. The molecule has 0 radical (unpaired) electrons. The number of unbranched alkanes of at least 4 members (excludes halogenated alkanes) is 4. The lowest BCUT2D eigenvalue weighted by molar-refractivity contribution is -0.451. The van der Waals surface area contributed by atoms with E-state index < -0.39 is 66.3 Å². The van der Waals surface area contributed by atoms with Crippen LogP contribution in [0.15, 0.2) is 12.7 Å². The molecule has 0 saturated heterocycles. The molecule has 0 aliphatic rings. The first-order valence-electron chi connectivity index (χ1n) is 9.03. The van der Waals surface area contributed by atoms with Gasteiger partial charge >= 0.3 is 47.4 Å². The van der Waals surface area contributed by atoms with Crippen molar-refractivity contribution in [2.45, 2.75) is 92.8 Å². The highest BCUT2D eigenvalue weighted by Crippen LogP contribution is 2.64. The van der Waals surface area contributed by atoms with Gasteiger partial charge in [0.25, 0.3) is 0 Å². The molecular formula is C17H18F16. The van der Waals surface area contributed by atoms with Crippen molar-refractivity contribution in [1.29, 1.82) is 0 Å². The molecule has 0 unspecified atom stereocenters. The van der Waals surface area contributed by atoms with Crippen LogP contribution in [-0.2, 0) is 0 Å². The van der Waals surface area contributed by atoms with E-state index in [2.05, 4.69) is 0 Å². The number of hydrogen-bond donors (Lipinski definition) is 0. The van der Waals surface area contributed by atoms with E-state index in [4.69, 9.17) is 0 Å². The van der Waals surface area contributed by atoms with Gasteiger partial charge in [-0.3, -0.25) is 0 Å². The Bertz CT molecular complexity index is 664. The van der Waals surface area contributed by atoms with Gasteiger partial charge in [-0.2, -0.15) is 70.2 Å². The van der Waals surface area contributed by atoms with E-state index >= 15 is 0 Å². The molecule has 0 fully saturated rings. The van der Waals surface area contributed by atoms with Crippen LogP contribution < -0.4 is 0 Å². The van der Waals surface area contributed by atoms with Crippen molar-refractivity contribution in [2.24, 2.45) is 0 Å². The average Bonchev–Trinajstić information content (AvgIpc) is 2.66. The molecule has 0 aliphatic heterocycles. The highest BCUT2D eigenvalue weighted by atomic mass is 19.4. The molecule has 0 nitrogen and oxygen atoms in total. The van der Waals surface area contributed by atoms with Crippen molar-refractivity contribution in [2.75, 3.05) is 0 Å². The van der Waals surface area contributed by atoms with E-state index in [0.29, 0.717) is 12.8 Å². The van der Waals surface area contributed by atoms with Crippen molar-refractivity contribution >= 4 is 0 Å². The summed E-state index contributed by atoms with van der Waals surface area (Å²) in [5, 5.41) is 0. The minimum Gasteiger partial charge on any atom is -0.200 e. The molecule has 16 heteroatoms. The van der Waals surface area contributed by atoms with E-state index in [1.165, 1.54) is 0 Å². The number of rotatable bonds is 14. The molecule has 0 atom stereocenters. The minimum absolute atomic E-state index is 0.0988. The van der Waals surface area contributed by atoms with Gasteiger partial charge in [-0.25, -0.2) is 0 Å². The van der Waals surface area contributed by atoms with Crippen molar-refractivity contribution in [3.63, 3.8) is 0 Å². The predicted molar refractivity (Wildman–Crippen MR) is 83.1 cm³/mol. The topological polar surface area (TPSA) is 0 Å². The molecule has 198 valence electrons. The molecule has 0 amide bonds. The van der Waals surface area contributed by atoms with Gasteiger partial charge in [0.15, 0.2) is 0 Å². The summed E-state index contributed by atoms with van der Waals surface area (Å²) in [6.45, 7) is 3.48. The highest BCUT2D eigenvalue weighted by Gasteiger charge is 2.94. The van der Waals surface area contributed by atoms with E-state index in [9.17, 15) is 70.2 Å². The molecule has 0 aromatic carbocycles. The summed E-state index contributed by atoms with van der Waals surface area (Å²) in [7, 11) is 0. The zero-order valence-electron chi connectivity index (χ0n) is 16.6. The second-order valence-electron chi connectivity index (χ2n) is 7.14. The second kappa shape index (κ2) is 9.34. The normalized spacial score (nSPS) is 15.7. The maximum Gasteiger partial charge on any atom is 0.385 e. The zero-order chi connectivity index (χ0) is 26.9. The fourth-order valence-corrected chi connectivity index (χ4v) is 2.46. The summed E-state index contributed by atoms with van der Waals surface area (Å²) < 4.78 is 215. The lowest BCUT2D eigenvalue weighted by Crippen LogP contribution is -2.74. The molecule has 33 heavy (non-hydrogen) atoms. The van der Waals surface area contributed by atoms with Crippen LogP contribution in [-0.4, -0.2) is 47.4 Å². The van der Waals surface area contributed by atoms with Crippen LogP contribution in [0.25, 0.3) is 0 Å². The standard InChI is InChI=1S/C17H18F16/c1-3-5-6-7-8-9-11(20,21)13(24,25)15(28,29)17(32,33)16(30,31)14(26,27)12(22,23)10(18,19)4-2/h4H,2-3,5-9H2,1H3. The molecule has 0 aliphatic carbocycles. The Kier molecular flexibility index (Phi) is 8.95. The number of hydrogen-bond acceptors (Lipinski definition) is 0. The molecule has 0 spiro atoms. The fourth-order valence-electron chi connectivity index (χ4n) is 2.46. The van der Waals surface area contributed by atoms with Crippen molar-refractivity contribution in [1.82, 2.24) is 0 Å². The Balaban J connectivity index is 6.34. The summed E-state index contributed by atoms with van der Waals surface area (Å²) in [4.78, 5) is 0. The van der Waals surface area contributed by atoms with Gasteiger partial charge in [0.05, 0.1) is 0 Å². The van der Waals surface area contributed by atoms with Crippen LogP contribution in [0, 0.1) is 0 Å². The highest BCUT2D eigenvalue weighted by molar-refractivity contribution is 5.17. The summed E-state index contributed by atoms with van der Waals surface area (Å²) in [6.07, 6.45) is -4.09. The lowest BCUT2D eigenvalue weighted by Gasteiger charge is -2.43. The Morgan fingerprint density at radius 2 is 0.818 bits per heavy atom. The largest absolute Gasteiger partial charge is 0.385 e. The van der Waals surface area contributed by atoms with Crippen molar-refractivity contribution in [3.05, 3.63) is 12.7 Å². The fraction of sp³-hybridized carbons (Fsp3) is 0.882. The molecule has 0 bridgehead atoms. The van der Waals surface area contributed by atoms with Gasteiger partial charge in [-0.05, 0) is 12.5 Å². The van der Waals surface area contributed by atoms with Gasteiger partial charge in [-0.15, -0.1) is 0 Å². The summed E-state index contributed by atoms with van der Waals surface area (Å²) in [5.41, 5.74) is 0. The maximum absolute atomic E-state index is 13.7. The first kappa shape index (κ1) is 31.6. The predicted octanol–water partition coefficient (Wildman–Crippen LogP) is 8.62. The smallest absolute Gasteiger partial charge is 0.200 e. The Labute approximate surface area is 177 Å². The van der Waals surface area contributed by atoms with E-state index in [-0.39, 0.29) is 12.8 Å². The van der Waals surface area contributed by atoms with E-state index in [1.54, 1.807) is 6.92 Å². The molecule has 0 heterocycles. The maximum atomic E-state index is 13.7. The van der Waals surface area contributed by atoms with Gasteiger partial charge in [0.1, 0.15) is 0 Å². The van der Waals surface area contributed by atoms with Gasteiger partial charge in [-0.1, -0.05) is 39.2 Å². The average molecular weight is 526 g/mol. The van der Waals surface area contributed by atoms with Crippen LogP contribution >= 0.6 is 0 Å². The van der Waals surface area contributed by atoms with Gasteiger partial charge in [0, 0.05) is 6.42 Å². The second-order valence-corrected chi connectivity index (χ2v) is 7.14. The monoisotopic (exact) mass is 526 g/mol. The van der Waals surface area contributed by atoms with Crippen LogP contribution in [0.1, 0.15) is 45.4 Å². The molecule has 0 aromatic rings. The third-order valence-corrected chi connectivity index (χ3v) is 4.70. The first-order valence-corrected chi connectivity index (χ1v) is 9.03. The van der Waals surface area contributed by atoms with Crippen molar-refractivity contribution in [3.8, 4) is 0 Å². The van der Waals surface area contributed by atoms with E-state index in [1.807, 2.05) is 6.58 Å². The number of allylic oxidation sites excluding steroid dienone is 1. The van der Waals surface area contributed by atoms with Crippen molar-refractivity contribution < 1.29 is 70.2 Å². The summed E-state index contributed by atoms with van der Waals surface area (Å²) >= 11 is 0. The number of alkyl halides is 16. The molecular weight excluding hydrogens is 508 g/mol. The molecule has 0 aromatic heterocycles. The van der Waals surface area contributed by atoms with Gasteiger partial charge < -0.3 is 0 Å². The van der Waals surface area contributed by atoms with Crippen LogP contribution in [0.2, 0.25) is 0 Å². The Morgan fingerprint density at radius 1 is 0.485 bits per heavy atom. The molecule has 0 N–H and O–H groups in total. The minimum atomic E-state index is -8.37. The summed E-state index contributed by atoms with van der Waals surface area (Å²) in [6, 6.07) is 0. The lowest BCUT2D eigenvalue weighted by atomic mass is 9.86. The van der Waals surface area contributed by atoms with Crippen LogP contribution in [0.3, 0.4) is 0 Å². The molecule has 0 rings (SSSR count). The Morgan fingerprint density at radius 3 is 1.18 bits per heavy atom. The SMILES string of the molecule is C=CC(F)(F)C(F)(F)C(F)(F)C(F)(F)C(F)(F)C(F)(F)C(F)(F)C(F)(F)CCCCCCC. The van der Waals surface area contributed by atoms with E-state index in [0.717, 1.165) is 0 Å². The zero-order valence-corrected chi connectivity index (χ0v) is 16.6. The van der Waals surface area contributed by atoms with Crippen LogP contribution in [0.5, 0.6) is 0 Å².